The molecule has 1 amide bonds. The first-order valence-corrected chi connectivity index (χ1v) is 13.9. The standard InChI is InChI=1S/C28H34N4O6S/c1-21(2)18-32(39(36,37)25-12-10-23(11-13-25)17-30-35)19-27(33)26(15-22-7-4-3-5-8-22)31-28(34)38-20-24-9-6-14-29-16-24/h3-14,16-17,21,26-27,33,35H,15,18-20H2,1-2H3,(H,31,34)/b30-17+/t26-,27+/m0/s1. The summed E-state index contributed by atoms with van der Waals surface area (Å²) in [5, 5.41) is 25.7. The molecule has 0 unspecified atom stereocenters. The molecule has 0 spiro atoms. The molecule has 3 aromatic rings. The van der Waals surface area contributed by atoms with Crippen molar-refractivity contribution < 1.29 is 28.3 Å². The first kappa shape index (κ1) is 29.8. The molecule has 0 saturated heterocycles. The zero-order valence-corrected chi connectivity index (χ0v) is 22.7. The summed E-state index contributed by atoms with van der Waals surface area (Å²) in [6.45, 7) is 3.67. The molecule has 0 fully saturated rings. The molecule has 0 aliphatic rings. The molecule has 0 bridgehead atoms. The number of alkyl carbamates (subject to hydrolysis) is 1. The lowest BCUT2D eigenvalue weighted by Crippen LogP contribution is -2.51. The molecule has 11 heteroatoms. The first-order chi connectivity index (χ1) is 18.7. The highest BCUT2D eigenvalue weighted by atomic mass is 32.2. The van der Waals surface area contributed by atoms with Crippen LogP contribution in [-0.2, 0) is 27.8 Å². The van der Waals surface area contributed by atoms with Crippen molar-refractivity contribution in [2.24, 2.45) is 11.1 Å². The van der Waals surface area contributed by atoms with Gasteiger partial charge in [-0.15, -0.1) is 0 Å². The molecule has 3 rings (SSSR count). The highest BCUT2D eigenvalue weighted by molar-refractivity contribution is 7.89. The van der Waals surface area contributed by atoms with Crippen LogP contribution in [0.15, 0.2) is 89.2 Å². The number of rotatable bonds is 13. The van der Waals surface area contributed by atoms with Gasteiger partial charge in [-0.25, -0.2) is 13.2 Å². The summed E-state index contributed by atoms with van der Waals surface area (Å²) in [4.78, 5) is 16.7. The average Bonchev–Trinajstić information content (AvgIpc) is 2.92. The fraction of sp³-hybridized carbons (Fsp3) is 0.321. The number of pyridine rings is 1. The van der Waals surface area contributed by atoms with E-state index in [1.807, 2.05) is 44.2 Å². The van der Waals surface area contributed by atoms with Crippen molar-refractivity contribution in [3.63, 3.8) is 0 Å². The average molecular weight is 555 g/mol. The van der Waals surface area contributed by atoms with Crippen molar-refractivity contribution in [2.75, 3.05) is 13.1 Å². The van der Waals surface area contributed by atoms with Crippen molar-refractivity contribution in [1.29, 1.82) is 0 Å². The molecule has 10 nitrogen and oxygen atoms in total. The Balaban J connectivity index is 1.80. The van der Waals surface area contributed by atoms with Crippen LogP contribution >= 0.6 is 0 Å². The number of sulfonamides is 1. The lowest BCUT2D eigenvalue weighted by molar-refractivity contribution is 0.0873. The van der Waals surface area contributed by atoms with E-state index in [-0.39, 0.29) is 36.9 Å². The Morgan fingerprint density at radius 3 is 2.36 bits per heavy atom. The van der Waals surface area contributed by atoms with Crippen LogP contribution in [0.4, 0.5) is 4.79 Å². The summed E-state index contributed by atoms with van der Waals surface area (Å²) in [5.74, 6) is -0.0299. The molecule has 0 saturated carbocycles. The van der Waals surface area contributed by atoms with Gasteiger partial charge in [0.2, 0.25) is 10.0 Å². The van der Waals surface area contributed by atoms with Gasteiger partial charge in [0.15, 0.2) is 0 Å². The number of oxime groups is 1. The zero-order valence-electron chi connectivity index (χ0n) is 21.9. The topological polar surface area (TPSA) is 141 Å². The Hall–Kier alpha value is -3.80. The predicted octanol–water partition coefficient (Wildman–Crippen LogP) is 3.44. The Labute approximate surface area is 229 Å². The second kappa shape index (κ2) is 14.4. The summed E-state index contributed by atoms with van der Waals surface area (Å²) in [7, 11) is -3.99. The van der Waals surface area contributed by atoms with Crippen molar-refractivity contribution in [3.8, 4) is 0 Å². The largest absolute Gasteiger partial charge is 0.445 e. The van der Waals surface area contributed by atoms with E-state index in [4.69, 9.17) is 9.94 Å². The van der Waals surface area contributed by atoms with E-state index in [0.29, 0.717) is 11.1 Å². The summed E-state index contributed by atoms with van der Waals surface area (Å²) in [5.41, 5.74) is 2.09. The maximum atomic E-state index is 13.5. The lowest BCUT2D eigenvalue weighted by atomic mass is 10.0. The Bertz CT molecular complexity index is 1300. The van der Waals surface area contributed by atoms with Gasteiger partial charge in [-0.1, -0.05) is 67.5 Å². The number of carbonyl (C=O) groups is 1. The quantitative estimate of drug-likeness (QED) is 0.167. The molecule has 2 aromatic carbocycles. The van der Waals surface area contributed by atoms with E-state index in [0.717, 1.165) is 5.56 Å². The van der Waals surface area contributed by atoms with Crippen molar-refractivity contribution in [1.82, 2.24) is 14.6 Å². The van der Waals surface area contributed by atoms with E-state index in [1.54, 1.807) is 24.5 Å². The van der Waals surface area contributed by atoms with Gasteiger partial charge in [-0.3, -0.25) is 4.98 Å². The molecular formula is C28H34N4O6S. The SMILES string of the molecule is CC(C)CN(C[C@@H](O)[C@H](Cc1ccccc1)NC(=O)OCc1cccnc1)S(=O)(=O)c1ccc(/C=N/O)cc1. The van der Waals surface area contributed by atoms with Gasteiger partial charge in [0.1, 0.15) is 6.61 Å². The fourth-order valence-corrected chi connectivity index (χ4v) is 5.55. The van der Waals surface area contributed by atoms with Crippen LogP contribution < -0.4 is 5.32 Å². The van der Waals surface area contributed by atoms with Gasteiger partial charge in [0.05, 0.1) is 23.3 Å². The summed E-state index contributed by atoms with van der Waals surface area (Å²) < 4.78 is 33.6. The smallest absolute Gasteiger partial charge is 0.407 e. The third-order valence-electron chi connectivity index (χ3n) is 5.84. The number of benzene rings is 2. The first-order valence-electron chi connectivity index (χ1n) is 12.5. The van der Waals surface area contributed by atoms with Crippen LogP contribution in [0.2, 0.25) is 0 Å². The summed E-state index contributed by atoms with van der Waals surface area (Å²) in [6, 6.07) is 17.8. The predicted molar refractivity (Wildman–Crippen MR) is 147 cm³/mol. The van der Waals surface area contributed by atoms with E-state index < -0.39 is 28.3 Å². The number of ether oxygens (including phenoxy) is 1. The van der Waals surface area contributed by atoms with Gasteiger partial charge < -0.3 is 20.4 Å². The Morgan fingerprint density at radius 1 is 1.05 bits per heavy atom. The van der Waals surface area contributed by atoms with Gasteiger partial charge in [-0.2, -0.15) is 4.31 Å². The second-order valence-corrected chi connectivity index (χ2v) is 11.4. The highest BCUT2D eigenvalue weighted by Crippen LogP contribution is 2.20. The van der Waals surface area contributed by atoms with E-state index in [9.17, 15) is 18.3 Å². The van der Waals surface area contributed by atoms with Crippen molar-refractivity contribution >= 4 is 22.3 Å². The maximum absolute atomic E-state index is 13.5. The normalized spacial score (nSPS) is 13.5. The number of aliphatic hydroxyl groups is 1. The van der Waals surface area contributed by atoms with Gasteiger partial charge >= 0.3 is 6.09 Å². The van der Waals surface area contributed by atoms with Crippen LogP contribution in [0, 0.1) is 5.92 Å². The molecule has 39 heavy (non-hydrogen) atoms. The van der Waals surface area contributed by atoms with Crippen molar-refractivity contribution in [3.05, 3.63) is 95.8 Å². The van der Waals surface area contributed by atoms with E-state index in [2.05, 4.69) is 15.5 Å². The van der Waals surface area contributed by atoms with Gasteiger partial charge in [-0.05, 0) is 41.7 Å². The van der Waals surface area contributed by atoms with Crippen LogP contribution in [0.25, 0.3) is 0 Å². The van der Waals surface area contributed by atoms with Gasteiger partial charge in [0, 0.05) is 31.0 Å². The van der Waals surface area contributed by atoms with Gasteiger partial charge in [0.25, 0.3) is 0 Å². The third kappa shape index (κ3) is 9.17. The van der Waals surface area contributed by atoms with E-state index >= 15 is 0 Å². The molecule has 0 aliphatic heterocycles. The number of aliphatic hydroxyl groups excluding tert-OH is 1. The monoisotopic (exact) mass is 554 g/mol. The fourth-order valence-electron chi connectivity index (χ4n) is 3.93. The number of nitrogens with one attached hydrogen (secondary N) is 1. The molecule has 3 N–H and O–H groups in total. The zero-order chi connectivity index (χ0) is 28.3. The Morgan fingerprint density at radius 2 is 1.74 bits per heavy atom. The van der Waals surface area contributed by atoms with Crippen LogP contribution in [0.5, 0.6) is 0 Å². The van der Waals surface area contributed by atoms with Crippen LogP contribution in [0.1, 0.15) is 30.5 Å². The minimum absolute atomic E-state index is 0.00133. The van der Waals surface area contributed by atoms with Crippen molar-refractivity contribution in [2.45, 2.75) is 43.9 Å². The third-order valence-corrected chi connectivity index (χ3v) is 7.69. The molecule has 1 aromatic heterocycles. The minimum atomic E-state index is -3.99. The maximum Gasteiger partial charge on any atom is 0.407 e. The highest BCUT2D eigenvalue weighted by Gasteiger charge is 2.31. The number of carbonyl (C=O) groups excluding carboxylic acids is 1. The molecular weight excluding hydrogens is 520 g/mol. The molecule has 0 aliphatic carbocycles. The molecule has 1 heterocycles. The summed E-state index contributed by atoms with van der Waals surface area (Å²) in [6.07, 6.45) is 2.67. The number of aromatic nitrogens is 1. The van der Waals surface area contributed by atoms with E-state index in [1.165, 1.54) is 34.8 Å². The second-order valence-electron chi connectivity index (χ2n) is 9.47. The van der Waals surface area contributed by atoms with Crippen LogP contribution in [-0.4, -0.2) is 65.6 Å². The lowest BCUT2D eigenvalue weighted by Gasteiger charge is -2.30. The molecule has 208 valence electrons. The Kier molecular flexibility index (Phi) is 11.0. The molecule has 0 radical (unpaired) electrons. The molecule has 2 atom stereocenters. The number of hydrogen-bond acceptors (Lipinski definition) is 8. The number of hydrogen-bond donors (Lipinski definition) is 3. The summed E-state index contributed by atoms with van der Waals surface area (Å²) >= 11 is 0. The minimum Gasteiger partial charge on any atom is -0.445 e. The number of nitrogens with zero attached hydrogens (tertiary/aromatic N) is 3. The number of amides is 1. The van der Waals surface area contributed by atoms with Crippen LogP contribution in [0.3, 0.4) is 0 Å².